The number of likely N-dealkylation sites (N-methyl/N-ethyl adjacent to an activating group) is 1. The summed E-state index contributed by atoms with van der Waals surface area (Å²) < 4.78 is 0. The number of aryl methyl sites for hydroxylation is 1. The monoisotopic (exact) mass is 452 g/mol. The van der Waals surface area contributed by atoms with E-state index in [2.05, 4.69) is 34.3 Å². The van der Waals surface area contributed by atoms with Gasteiger partial charge in [0.25, 0.3) is 11.8 Å². The Bertz CT molecular complexity index is 1230. The predicted octanol–water partition coefficient (Wildman–Crippen LogP) is 4.14. The van der Waals surface area contributed by atoms with E-state index < -0.39 is 0 Å². The quantitative estimate of drug-likeness (QED) is 0.590. The third kappa shape index (κ3) is 4.20. The Kier molecular flexibility index (Phi) is 5.90. The molecule has 34 heavy (non-hydrogen) atoms. The summed E-state index contributed by atoms with van der Waals surface area (Å²) in [4.78, 5) is 32.9. The molecule has 0 bridgehead atoms. The number of nitrogens with one attached hydrogen (secondary N) is 1. The van der Waals surface area contributed by atoms with Gasteiger partial charge in [-0.25, -0.2) is 4.90 Å². The molecule has 2 heterocycles. The summed E-state index contributed by atoms with van der Waals surface area (Å²) in [7, 11) is 2.14. The van der Waals surface area contributed by atoms with Crippen LogP contribution in [0.15, 0.2) is 84.6 Å². The molecule has 3 aromatic carbocycles. The molecule has 0 aromatic heterocycles. The van der Waals surface area contributed by atoms with Gasteiger partial charge in [0.05, 0.1) is 11.3 Å². The summed E-state index contributed by atoms with van der Waals surface area (Å²) in [5.74, 6) is -0.675. The van der Waals surface area contributed by atoms with Crippen molar-refractivity contribution in [2.24, 2.45) is 0 Å². The van der Waals surface area contributed by atoms with Crippen LogP contribution in [0.5, 0.6) is 0 Å². The molecule has 0 radical (unpaired) electrons. The molecule has 5 rings (SSSR count). The summed E-state index contributed by atoms with van der Waals surface area (Å²) in [5, 5.41) is 3.26. The standard InChI is InChI=1S/C28H28N4O2/c1-20-8-10-21(11-9-20)25-26(28(34)32(27(25)33)24-6-4-3-5-7-24)29-22-12-14-23(15-13-22)31-18-16-30(2)17-19-31/h3-15,29H,16-19H2,1-2H3. The highest BCUT2D eigenvalue weighted by atomic mass is 16.2. The van der Waals surface area contributed by atoms with Crippen LogP contribution in [0.2, 0.25) is 0 Å². The number of carbonyl (C=O) groups is 2. The van der Waals surface area contributed by atoms with E-state index in [1.807, 2.05) is 61.5 Å². The fourth-order valence-electron chi connectivity index (χ4n) is 4.41. The topological polar surface area (TPSA) is 55.9 Å². The van der Waals surface area contributed by atoms with Gasteiger partial charge in [-0.2, -0.15) is 0 Å². The molecule has 1 N–H and O–H groups in total. The second-order valence-electron chi connectivity index (χ2n) is 8.86. The van der Waals surface area contributed by atoms with Crippen molar-refractivity contribution < 1.29 is 9.59 Å². The van der Waals surface area contributed by atoms with Gasteiger partial charge in [0.15, 0.2) is 0 Å². The highest BCUT2D eigenvalue weighted by Gasteiger charge is 2.40. The Morgan fingerprint density at radius 1 is 0.706 bits per heavy atom. The number of nitrogens with zero attached hydrogens (tertiary/aromatic N) is 3. The lowest BCUT2D eigenvalue weighted by Gasteiger charge is -2.34. The molecule has 2 aliphatic heterocycles. The summed E-state index contributed by atoms with van der Waals surface area (Å²) in [5.41, 5.74) is 4.99. The van der Waals surface area contributed by atoms with E-state index in [4.69, 9.17) is 0 Å². The number of carbonyl (C=O) groups excluding carboxylic acids is 2. The molecule has 3 aromatic rings. The molecule has 1 saturated heterocycles. The SMILES string of the molecule is Cc1ccc(C2=C(Nc3ccc(N4CCN(C)CC4)cc3)C(=O)N(c3ccccc3)C2=O)cc1. The summed E-state index contributed by atoms with van der Waals surface area (Å²) in [6.07, 6.45) is 0. The van der Waals surface area contributed by atoms with Gasteiger partial charge in [0, 0.05) is 37.6 Å². The molecule has 1 fully saturated rings. The molecule has 6 nitrogen and oxygen atoms in total. The van der Waals surface area contributed by atoms with Gasteiger partial charge in [0.1, 0.15) is 5.70 Å². The van der Waals surface area contributed by atoms with Crippen LogP contribution in [0.25, 0.3) is 5.57 Å². The second kappa shape index (κ2) is 9.15. The van der Waals surface area contributed by atoms with Gasteiger partial charge in [-0.3, -0.25) is 9.59 Å². The Labute approximate surface area is 200 Å². The van der Waals surface area contributed by atoms with Crippen LogP contribution in [0, 0.1) is 6.92 Å². The first-order valence-electron chi connectivity index (χ1n) is 11.6. The van der Waals surface area contributed by atoms with E-state index >= 15 is 0 Å². The third-order valence-corrected chi connectivity index (χ3v) is 6.44. The number of amides is 2. The number of anilines is 3. The van der Waals surface area contributed by atoms with E-state index in [9.17, 15) is 9.59 Å². The molecule has 0 spiro atoms. The minimum atomic E-state index is -0.352. The Morgan fingerprint density at radius 2 is 1.35 bits per heavy atom. The largest absolute Gasteiger partial charge is 0.369 e. The lowest BCUT2D eigenvalue weighted by Crippen LogP contribution is -2.44. The lowest BCUT2D eigenvalue weighted by atomic mass is 10.0. The number of piperazine rings is 1. The van der Waals surface area contributed by atoms with Crippen LogP contribution in [-0.2, 0) is 9.59 Å². The Balaban J connectivity index is 1.47. The average molecular weight is 453 g/mol. The second-order valence-corrected chi connectivity index (χ2v) is 8.86. The summed E-state index contributed by atoms with van der Waals surface area (Å²) in [6.45, 7) is 6.06. The van der Waals surface area contributed by atoms with Gasteiger partial charge in [-0.15, -0.1) is 0 Å². The maximum atomic E-state index is 13.5. The van der Waals surface area contributed by atoms with E-state index in [0.29, 0.717) is 17.0 Å². The fourth-order valence-corrected chi connectivity index (χ4v) is 4.41. The maximum Gasteiger partial charge on any atom is 0.282 e. The van der Waals surface area contributed by atoms with Crippen molar-refractivity contribution in [1.29, 1.82) is 0 Å². The first kappa shape index (κ1) is 21.9. The number of imide groups is 1. The van der Waals surface area contributed by atoms with Gasteiger partial charge in [0.2, 0.25) is 0 Å². The minimum absolute atomic E-state index is 0.296. The Hall–Kier alpha value is -3.90. The zero-order valence-electron chi connectivity index (χ0n) is 19.5. The number of hydrogen-bond acceptors (Lipinski definition) is 5. The van der Waals surface area contributed by atoms with Crippen LogP contribution >= 0.6 is 0 Å². The minimum Gasteiger partial charge on any atom is -0.369 e. The van der Waals surface area contributed by atoms with Gasteiger partial charge in [-0.1, -0.05) is 48.0 Å². The summed E-state index contributed by atoms with van der Waals surface area (Å²) in [6, 6.07) is 24.8. The van der Waals surface area contributed by atoms with E-state index in [1.165, 1.54) is 4.90 Å². The fraction of sp³-hybridized carbons (Fsp3) is 0.214. The number of para-hydroxylation sites is 1. The highest BCUT2D eigenvalue weighted by molar-refractivity contribution is 6.46. The predicted molar refractivity (Wildman–Crippen MR) is 137 cm³/mol. The molecule has 2 aliphatic rings. The molecule has 0 saturated carbocycles. The van der Waals surface area contributed by atoms with Crippen molar-refractivity contribution >= 4 is 34.4 Å². The molecular weight excluding hydrogens is 424 g/mol. The van der Waals surface area contributed by atoms with E-state index in [1.54, 1.807) is 12.1 Å². The van der Waals surface area contributed by atoms with Crippen molar-refractivity contribution in [1.82, 2.24) is 4.90 Å². The van der Waals surface area contributed by atoms with E-state index in [-0.39, 0.29) is 11.8 Å². The van der Waals surface area contributed by atoms with Gasteiger partial charge >= 0.3 is 0 Å². The average Bonchev–Trinajstić information content (AvgIpc) is 3.10. The molecular formula is C28H28N4O2. The van der Waals surface area contributed by atoms with Crippen molar-refractivity contribution in [3.05, 3.63) is 95.7 Å². The lowest BCUT2D eigenvalue weighted by molar-refractivity contribution is -0.120. The normalized spacial score (nSPS) is 17.0. The zero-order valence-corrected chi connectivity index (χ0v) is 19.5. The smallest absolute Gasteiger partial charge is 0.282 e. The number of hydrogen-bond donors (Lipinski definition) is 1. The molecule has 0 aliphatic carbocycles. The third-order valence-electron chi connectivity index (χ3n) is 6.44. The first-order valence-corrected chi connectivity index (χ1v) is 11.6. The molecule has 6 heteroatoms. The maximum absolute atomic E-state index is 13.5. The van der Waals surface area contributed by atoms with Gasteiger partial charge in [-0.05, 0) is 55.9 Å². The molecule has 2 amide bonds. The first-order chi connectivity index (χ1) is 16.5. The molecule has 0 atom stereocenters. The van der Waals surface area contributed by atoms with Crippen LogP contribution < -0.4 is 15.1 Å². The van der Waals surface area contributed by atoms with Crippen LogP contribution in [0.1, 0.15) is 11.1 Å². The van der Waals surface area contributed by atoms with Crippen molar-refractivity contribution in [3.63, 3.8) is 0 Å². The van der Waals surface area contributed by atoms with Crippen molar-refractivity contribution in [2.75, 3.05) is 48.3 Å². The molecule has 0 unspecified atom stereocenters. The summed E-state index contributed by atoms with van der Waals surface area (Å²) >= 11 is 0. The van der Waals surface area contributed by atoms with Crippen LogP contribution in [0.4, 0.5) is 17.1 Å². The van der Waals surface area contributed by atoms with Crippen LogP contribution in [0.3, 0.4) is 0 Å². The van der Waals surface area contributed by atoms with Crippen molar-refractivity contribution in [3.8, 4) is 0 Å². The number of benzene rings is 3. The van der Waals surface area contributed by atoms with Crippen LogP contribution in [-0.4, -0.2) is 49.9 Å². The zero-order chi connectivity index (χ0) is 23.7. The highest BCUT2D eigenvalue weighted by Crippen LogP contribution is 2.34. The van der Waals surface area contributed by atoms with Crippen molar-refractivity contribution in [2.45, 2.75) is 6.92 Å². The molecule has 172 valence electrons. The van der Waals surface area contributed by atoms with Gasteiger partial charge < -0.3 is 15.1 Å². The van der Waals surface area contributed by atoms with E-state index in [0.717, 1.165) is 48.7 Å². The number of rotatable bonds is 5. The Morgan fingerprint density at radius 3 is 2.00 bits per heavy atom.